The van der Waals surface area contributed by atoms with E-state index >= 15 is 0 Å². The van der Waals surface area contributed by atoms with E-state index in [-0.39, 0.29) is 12.2 Å². The van der Waals surface area contributed by atoms with Crippen LogP contribution in [0.25, 0.3) is 0 Å². The summed E-state index contributed by atoms with van der Waals surface area (Å²) in [6.45, 7) is 1.01. The first-order valence-corrected chi connectivity index (χ1v) is 5.57. The molecule has 1 rings (SSSR count). The zero-order valence-electron chi connectivity index (χ0n) is 10.5. The Morgan fingerprint density at radius 2 is 2.33 bits per heavy atom. The van der Waals surface area contributed by atoms with Crippen molar-refractivity contribution in [2.24, 2.45) is 0 Å². The predicted octanol–water partition coefficient (Wildman–Crippen LogP) is 0.219. The van der Waals surface area contributed by atoms with Crippen LogP contribution in [0.3, 0.4) is 0 Å². The lowest BCUT2D eigenvalue weighted by atomic mass is 10.2. The van der Waals surface area contributed by atoms with E-state index in [0.717, 1.165) is 0 Å². The van der Waals surface area contributed by atoms with Crippen LogP contribution in [0.2, 0.25) is 0 Å². The minimum Gasteiger partial charge on any atom is -0.478 e. The van der Waals surface area contributed by atoms with E-state index in [1.807, 2.05) is 0 Å². The van der Waals surface area contributed by atoms with Gasteiger partial charge in [-0.05, 0) is 19.2 Å². The number of pyridine rings is 1. The Bertz CT molecular complexity index is 397. The molecule has 0 spiro atoms. The highest BCUT2D eigenvalue weighted by Gasteiger charge is 2.14. The van der Waals surface area contributed by atoms with Crippen LogP contribution in [0, 0.1) is 0 Å². The number of likely N-dealkylation sites (N-methyl/N-ethyl adjacent to an activating group) is 1. The summed E-state index contributed by atoms with van der Waals surface area (Å²) >= 11 is 0. The molecule has 1 atom stereocenters. The fourth-order valence-electron chi connectivity index (χ4n) is 1.68. The second-order valence-corrected chi connectivity index (χ2v) is 4.11. The van der Waals surface area contributed by atoms with Gasteiger partial charge in [-0.15, -0.1) is 0 Å². The van der Waals surface area contributed by atoms with Crippen LogP contribution in [0.15, 0.2) is 18.3 Å². The van der Waals surface area contributed by atoms with Gasteiger partial charge in [0.1, 0.15) is 0 Å². The highest BCUT2D eigenvalue weighted by molar-refractivity contribution is 5.88. The molecular weight excluding hydrogens is 236 g/mol. The maximum Gasteiger partial charge on any atom is 0.337 e. The molecule has 1 aromatic heterocycles. The quantitative estimate of drug-likeness (QED) is 0.724. The number of aromatic nitrogens is 1. The average Bonchev–Trinajstić information content (AvgIpc) is 2.29. The number of carbonyl (C=O) groups is 1. The summed E-state index contributed by atoms with van der Waals surface area (Å²) < 4.78 is 4.83. The summed E-state index contributed by atoms with van der Waals surface area (Å²) in [6, 6.07) is 3.11. The Morgan fingerprint density at radius 1 is 1.61 bits per heavy atom. The Hall–Kier alpha value is -1.50. The third-order valence-electron chi connectivity index (χ3n) is 2.42. The van der Waals surface area contributed by atoms with Crippen molar-refractivity contribution in [3.05, 3.63) is 29.6 Å². The highest BCUT2D eigenvalue weighted by atomic mass is 16.5. The first-order chi connectivity index (χ1) is 8.54. The van der Waals surface area contributed by atoms with Gasteiger partial charge in [-0.25, -0.2) is 4.79 Å². The zero-order chi connectivity index (χ0) is 13.5. The molecule has 1 heterocycles. The molecule has 6 heteroatoms. The van der Waals surface area contributed by atoms with E-state index in [1.54, 1.807) is 24.2 Å². The third-order valence-corrected chi connectivity index (χ3v) is 2.42. The Balaban J connectivity index is 2.64. The van der Waals surface area contributed by atoms with Gasteiger partial charge in [-0.3, -0.25) is 9.88 Å². The number of hydrogen-bond acceptors (Lipinski definition) is 5. The first-order valence-electron chi connectivity index (χ1n) is 5.57. The average molecular weight is 254 g/mol. The molecule has 0 fully saturated rings. The van der Waals surface area contributed by atoms with Gasteiger partial charge in [0.05, 0.1) is 24.0 Å². The maximum atomic E-state index is 11.0. The molecular formula is C12H18N2O4. The molecule has 0 radical (unpaired) electrons. The summed E-state index contributed by atoms with van der Waals surface area (Å²) in [4.78, 5) is 16.9. The number of carboxylic acid groups (broad SMARTS) is 1. The molecule has 0 bridgehead atoms. The molecule has 0 aliphatic heterocycles. The molecule has 0 aromatic carbocycles. The molecule has 0 amide bonds. The third kappa shape index (κ3) is 4.40. The number of aliphatic hydroxyl groups is 1. The minimum absolute atomic E-state index is 0.186. The number of rotatable bonds is 7. The number of ether oxygens (including phenoxy) is 1. The smallest absolute Gasteiger partial charge is 0.337 e. The van der Waals surface area contributed by atoms with Gasteiger partial charge < -0.3 is 14.9 Å². The maximum absolute atomic E-state index is 11.0. The van der Waals surface area contributed by atoms with E-state index in [2.05, 4.69) is 4.98 Å². The Kier molecular flexibility index (Phi) is 5.70. The van der Waals surface area contributed by atoms with E-state index in [9.17, 15) is 9.90 Å². The van der Waals surface area contributed by atoms with Crippen LogP contribution in [0.1, 0.15) is 16.1 Å². The largest absolute Gasteiger partial charge is 0.478 e. The summed E-state index contributed by atoms with van der Waals surface area (Å²) in [7, 11) is 3.31. The van der Waals surface area contributed by atoms with Gasteiger partial charge in [0.25, 0.3) is 0 Å². The first kappa shape index (κ1) is 14.6. The molecule has 18 heavy (non-hydrogen) atoms. The van der Waals surface area contributed by atoms with Crippen LogP contribution in [0.4, 0.5) is 0 Å². The lowest BCUT2D eigenvalue weighted by molar-refractivity contribution is 0.0415. The molecule has 2 N–H and O–H groups in total. The van der Waals surface area contributed by atoms with E-state index in [4.69, 9.17) is 9.84 Å². The molecule has 6 nitrogen and oxygen atoms in total. The zero-order valence-corrected chi connectivity index (χ0v) is 10.5. The van der Waals surface area contributed by atoms with Crippen molar-refractivity contribution in [3.8, 4) is 0 Å². The standard InChI is InChI=1S/C12H18N2O4/c1-14(6-9(15)8-18-2)7-11-10(12(16)17)4-3-5-13-11/h3-5,9,15H,6-8H2,1-2H3,(H,16,17). The minimum atomic E-state index is -0.996. The molecule has 0 saturated heterocycles. The second kappa shape index (κ2) is 7.05. The van der Waals surface area contributed by atoms with Crippen molar-refractivity contribution < 1.29 is 19.7 Å². The van der Waals surface area contributed by atoms with Crippen LogP contribution in [0.5, 0.6) is 0 Å². The summed E-state index contributed by atoms with van der Waals surface area (Å²) in [5.74, 6) is -0.996. The van der Waals surface area contributed by atoms with Crippen LogP contribution >= 0.6 is 0 Å². The van der Waals surface area contributed by atoms with E-state index < -0.39 is 12.1 Å². The SMILES string of the molecule is COCC(O)CN(C)Cc1ncccc1C(=O)O. The molecule has 1 aromatic rings. The Morgan fingerprint density at radius 3 is 2.94 bits per heavy atom. The lowest BCUT2D eigenvalue weighted by Gasteiger charge is -2.20. The summed E-state index contributed by atoms with van der Waals surface area (Å²) in [6.07, 6.45) is 0.957. The number of aromatic carboxylic acids is 1. The lowest BCUT2D eigenvalue weighted by Crippen LogP contribution is -2.32. The predicted molar refractivity (Wildman–Crippen MR) is 65.4 cm³/mol. The number of methoxy groups -OCH3 is 1. The van der Waals surface area contributed by atoms with Gasteiger partial charge in [-0.1, -0.05) is 0 Å². The van der Waals surface area contributed by atoms with Crippen molar-refractivity contribution in [1.82, 2.24) is 9.88 Å². The van der Waals surface area contributed by atoms with Crippen LogP contribution in [-0.4, -0.2) is 59.5 Å². The highest BCUT2D eigenvalue weighted by Crippen LogP contribution is 2.08. The number of hydrogen-bond donors (Lipinski definition) is 2. The second-order valence-electron chi connectivity index (χ2n) is 4.11. The summed E-state index contributed by atoms with van der Waals surface area (Å²) in [5.41, 5.74) is 0.669. The summed E-state index contributed by atoms with van der Waals surface area (Å²) in [5, 5.41) is 18.6. The van der Waals surface area contributed by atoms with Gasteiger partial charge in [0.15, 0.2) is 0 Å². The van der Waals surface area contributed by atoms with Gasteiger partial charge >= 0.3 is 5.97 Å². The number of nitrogens with zero attached hydrogens (tertiary/aromatic N) is 2. The topological polar surface area (TPSA) is 82.9 Å². The Labute approximate surface area is 106 Å². The van der Waals surface area contributed by atoms with Gasteiger partial charge in [0, 0.05) is 26.4 Å². The molecule has 1 unspecified atom stereocenters. The normalized spacial score (nSPS) is 12.7. The molecule has 0 aliphatic carbocycles. The van der Waals surface area contributed by atoms with Gasteiger partial charge in [0.2, 0.25) is 0 Å². The van der Waals surface area contributed by atoms with Crippen LogP contribution < -0.4 is 0 Å². The van der Waals surface area contributed by atoms with Crippen molar-refractivity contribution in [2.75, 3.05) is 27.3 Å². The van der Waals surface area contributed by atoms with Crippen molar-refractivity contribution >= 4 is 5.97 Å². The van der Waals surface area contributed by atoms with Gasteiger partial charge in [-0.2, -0.15) is 0 Å². The molecule has 0 saturated carbocycles. The fourth-order valence-corrected chi connectivity index (χ4v) is 1.68. The molecule has 0 aliphatic rings. The van der Waals surface area contributed by atoms with E-state index in [0.29, 0.717) is 18.8 Å². The number of carboxylic acids is 1. The van der Waals surface area contributed by atoms with Crippen molar-refractivity contribution in [1.29, 1.82) is 0 Å². The van der Waals surface area contributed by atoms with Crippen molar-refractivity contribution in [3.63, 3.8) is 0 Å². The monoisotopic (exact) mass is 254 g/mol. The molecule has 100 valence electrons. The van der Waals surface area contributed by atoms with E-state index in [1.165, 1.54) is 13.2 Å². The van der Waals surface area contributed by atoms with Crippen molar-refractivity contribution in [2.45, 2.75) is 12.6 Å². The fraction of sp³-hybridized carbons (Fsp3) is 0.500. The number of aliphatic hydroxyl groups excluding tert-OH is 1. The van der Waals surface area contributed by atoms with Crippen LogP contribution in [-0.2, 0) is 11.3 Å².